The predicted molar refractivity (Wildman–Crippen MR) is 64.5 cm³/mol. The fourth-order valence-electron chi connectivity index (χ4n) is 1.26. The Morgan fingerprint density at radius 3 is 2.89 bits per heavy atom. The number of amides is 1. The highest BCUT2D eigenvalue weighted by Gasteiger charge is 2.12. The van der Waals surface area contributed by atoms with Crippen LogP contribution in [0.4, 0.5) is 5.69 Å². The summed E-state index contributed by atoms with van der Waals surface area (Å²) in [5.41, 5.74) is 7.05. The van der Waals surface area contributed by atoms with Crippen LogP contribution in [-0.4, -0.2) is 25.0 Å². The molecule has 0 saturated carbocycles. The zero-order chi connectivity index (χ0) is 13.5. The second-order valence-electron chi connectivity index (χ2n) is 3.59. The van der Waals surface area contributed by atoms with Crippen LogP contribution in [0.25, 0.3) is 0 Å². The largest absolute Gasteiger partial charge is 0.452 e. The molecule has 0 atom stereocenters. The van der Waals surface area contributed by atoms with Crippen molar-refractivity contribution in [2.45, 2.75) is 6.92 Å². The van der Waals surface area contributed by atoms with Gasteiger partial charge in [-0.3, -0.25) is 4.79 Å². The first-order valence-corrected chi connectivity index (χ1v) is 5.21. The zero-order valence-electron chi connectivity index (χ0n) is 9.90. The lowest BCUT2D eigenvalue weighted by Gasteiger charge is -2.07. The van der Waals surface area contributed by atoms with E-state index in [0.29, 0.717) is 16.8 Å². The number of carbonyl (C=O) groups excluding carboxylic acids is 2. The van der Waals surface area contributed by atoms with E-state index in [9.17, 15) is 9.59 Å². The first-order chi connectivity index (χ1) is 8.54. The summed E-state index contributed by atoms with van der Waals surface area (Å²) < 4.78 is 4.81. The molecule has 1 amide bonds. The van der Waals surface area contributed by atoms with Crippen molar-refractivity contribution in [3.8, 4) is 6.07 Å². The lowest BCUT2D eigenvalue weighted by Crippen LogP contribution is -2.29. The molecule has 0 radical (unpaired) electrons. The molecule has 1 aromatic carbocycles. The van der Waals surface area contributed by atoms with Crippen LogP contribution in [0.2, 0.25) is 0 Å². The Hall–Kier alpha value is -2.55. The van der Waals surface area contributed by atoms with E-state index in [0.717, 1.165) is 0 Å². The predicted octanol–water partition coefficient (Wildman–Crippen LogP) is 0.374. The minimum Gasteiger partial charge on any atom is -0.452 e. The number of anilines is 1. The van der Waals surface area contributed by atoms with Gasteiger partial charge in [-0.05, 0) is 24.6 Å². The van der Waals surface area contributed by atoms with E-state index in [2.05, 4.69) is 5.32 Å². The van der Waals surface area contributed by atoms with Crippen LogP contribution in [0.15, 0.2) is 18.2 Å². The van der Waals surface area contributed by atoms with Crippen molar-refractivity contribution < 1.29 is 14.3 Å². The summed E-state index contributed by atoms with van der Waals surface area (Å²) in [6.07, 6.45) is 0. The number of benzene rings is 1. The third-order valence-electron chi connectivity index (χ3n) is 2.18. The SMILES string of the molecule is Cc1ccc(N)cc1C(=O)OCC(=O)NCC#N. The van der Waals surface area contributed by atoms with Crippen LogP contribution in [0.5, 0.6) is 0 Å². The highest BCUT2D eigenvalue weighted by Crippen LogP contribution is 2.13. The van der Waals surface area contributed by atoms with E-state index in [1.807, 2.05) is 0 Å². The Labute approximate surface area is 104 Å². The number of nitrogens with zero attached hydrogens (tertiary/aromatic N) is 1. The van der Waals surface area contributed by atoms with E-state index >= 15 is 0 Å². The lowest BCUT2D eigenvalue weighted by molar-refractivity contribution is -0.123. The molecule has 0 aliphatic rings. The Balaban J connectivity index is 2.58. The number of esters is 1. The number of nitrogen functional groups attached to an aromatic ring is 1. The van der Waals surface area contributed by atoms with E-state index in [4.69, 9.17) is 15.7 Å². The van der Waals surface area contributed by atoms with Gasteiger partial charge in [0.1, 0.15) is 6.54 Å². The summed E-state index contributed by atoms with van der Waals surface area (Å²) >= 11 is 0. The first kappa shape index (κ1) is 13.5. The molecule has 0 heterocycles. The number of aryl methyl sites for hydroxylation is 1. The second kappa shape index (κ2) is 6.25. The molecule has 18 heavy (non-hydrogen) atoms. The van der Waals surface area contributed by atoms with Crippen LogP contribution < -0.4 is 11.1 Å². The number of hydrogen-bond acceptors (Lipinski definition) is 5. The Kier molecular flexibility index (Phi) is 4.69. The molecule has 0 spiro atoms. The van der Waals surface area contributed by atoms with Gasteiger partial charge < -0.3 is 15.8 Å². The minimum atomic E-state index is -0.619. The van der Waals surface area contributed by atoms with Crippen LogP contribution in [-0.2, 0) is 9.53 Å². The number of carbonyl (C=O) groups is 2. The Morgan fingerprint density at radius 2 is 2.22 bits per heavy atom. The third-order valence-corrected chi connectivity index (χ3v) is 2.18. The van der Waals surface area contributed by atoms with Gasteiger partial charge in [0, 0.05) is 5.69 Å². The molecule has 0 aliphatic heterocycles. The van der Waals surface area contributed by atoms with Crippen LogP contribution in [0.1, 0.15) is 15.9 Å². The van der Waals surface area contributed by atoms with E-state index in [1.165, 1.54) is 6.07 Å². The van der Waals surface area contributed by atoms with Crippen LogP contribution >= 0.6 is 0 Å². The van der Waals surface area contributed by atoms with Gasteiger partial charge in [0.2, 0.25) is 0 Å². The average molecular weight is 247 g/mol. The van der Waals surface area contributed by atoms with Gasteiger partial charge in [-0.2, -0.15) is 5.26 Å². The molecule has 0 bridgehead atoms. The normalized spacial score (nSPS) is 9.33. The molecule has 3 N–H and O–H groups in total. The molecule has 94 valence electrons. The standard InChI is InChI=1S/C12H13N3O3/c1-8-2-3-9(14)6-10(8)12(17)18-7-11(16)15-5-4-13/h2-3,6H,5,7,14H2,1H3,(H,15,16). The quantitative estimate of drug-likeness (QED) is 0.454. The van der Waals surface area contributed by atoms with Crippen molar-refractivity contribution >= 4 is 17.6 Å². The number of rotatable bonds is 4. The number of hydrogen-bond donors (Lipinski definition) is 2. The molecule has 0 fully saturated rings. The summed E-state index contributed by atoms with van der Waals surface area (Å²) in [6.45, 7) is 1.20. The van der Waals surface area contributed by atoms with Crippen molar-refractivity contribution in [2.75, 3.05) is 18.9 Å². The summed E-state index contributed by atoms with van der Waals surface area (Å²) in [7, 11) is 0. The molecule has 0 aromatic heterocycles. The van der Waals surface area contributed by atoms with Gasteiger partial charge in [0.15, 0.2) is 6.61 Å². The smallest absolute Gasteiger partial charge is 0.338 e. The van der Waals surface area contributed by atoms with Crippen molar-refractivity contribution in [1.29, 1.82) is 5.26 Å². The van der Waals surface area contributed by atoms with Gasteiger partial charge in [-0.25, -0.2) is 4.79 Å². The highest BCUT2D eigenvalue weighted by atomic mass is 16.5. The maximum absolute atomic E-state index is 11.7. The van der Waals surface area contributed by atoms with E-state index in [-0.39, 0.29) is 6.54 Å². The summed E-state index contributed by atoms with van der Waals surface area (Å²) in [5.74, 6) is -1.14. The topological polar surface area (TPSA) is 105 Å². The Bertz CT molecular complexity index is 506. The van der Waals surface area contributed by atoms with Crippen molar-refractivity contribution in [3.63, 3.8) is 0 Å². The molecular weight excluding hydrogens is 234 g/mol. The van der Waals surface area contributed by atoms with Gasteiger partial charge >= 0.3 is 5.97 Å². The number of nitrogens with one attached hydrogen (secondary N) is 1. The fraction of sp³-hybridized carbons (Fsp3) is 0.250. The molecule has 6 nitrogen and oxygen atoms in total. The highest BCUT2D eigenvalue weighted by molar-refractivity contribution is 5.93. The molecule has 0 unspecified atom stereocenters. The van der Waals surface area contributed by atoms with E-state index < -0.39 is 18.5 Å². The first-order valence-electron chi connectivity index (χ1n) is 5.21. The molecule has 0 saturated heterocycles. The van der Waals surface area contributed by atoms with Crippen LogP contribution in [0, 0.1) is 18.3 Å². The second-order valence-corrected chi connectivity index (χ2v) is 3.59. The summed E-state index contributed by atoms with van der Waals surface area (Å²) in [4.78, 5) is 22.8. The van der Waals surface area contributed by atoms with Gasteiger partial charge in [-0.15, -0.1) is 0 Å². The number of nitrogens with two attached hydrogens (primary N) is 1. The molecular formula is C12H13N3O3. The van der Waals surface area contributed by atoms with Crippen molar-refractivity contribution in [2.24, 2.45) is 0 Å². The minimum absolute atomic E-state index is 0.117. The molecule has 1 rings (SSSR count). The third kappa shape index (κ3) is 3.79. The van der Waals surface area contributed by atoms with Crippen LogP contribution in [0.3, 0.4) is 0 Å². The Morgan fingerprint density at radius 1 is 1.50 bits per heavy atom. The van der Waals surface area contributed by atoms with Crippen molar-refractivity contribution in [3.05, 3.63) is 29.3 Å². The average Bonchev–Trinajstić information content (AvgIpc) is 2.36. The van der Waals surface area contributed by atoms with Gasteiger partial charge in [-0.1, -0.05) is 6.07 Å². The maximum atomic E-state index is 11.7. The lowest BCUT2D eigenvalue weighted by atomic mass is 10.1. The molecule has 1 aromatic rings. The van der Waals surface area contributed by atoms with Crippen molar-refractivity contribution in [1.82, 2.24) is 5.32 Å². The number of nitriles is 1. The van der Waals surface area contributed by atoms with Gasteiger partial charge in [0.25, 0.3) is 5.91 Å². The zero-order valence-corrected chi connectivity index (χ0v) is 9.90. The maximum Gasteiger partial charge on any atom is 0.338 e. The monoisotopic (exact) mass is 247 g/mol. The summed E-state index contributed by atoms with van der Waals surface area (Å²) in [6, 6.07) is 6.60. The summed E-state index contributed by atoms with van der Waals surface area (Å²) in [5, 5.41) is 10.5. The number of ether oxygens (including phenoxy) is 1. The van der Waals surface area contributed by atoms with E-state index in [1.54, 1.807) is 25.1 Å². The fourth-order valence-corrected chi connectivity index (χ4v) is 1.26. The van der Waals surface area contributed by atoms with Gasteiger partial charge in [0.05, 0.1) is 11.6 Å². The molecule has 6 heteroatoms. The molecule has 0 aliphatic carbocycles.